The van der Waals surface area contributed by atoms with E-state index < -0.39 is 12.0 Å². The Bertz CT molecular complexity index is 639. The minimum atomic E-state index is -1.00. The van der Waals surface area contributed by atoms with Gasteiger partial charge >= 0.3 is 12.0 Å². The number of nitrogens with one attached hydrogen (secondary N) is 2. The van der Waals surface area contributed by atoms with E-state index in [1.807, 2.05) is 12.1 Å². The first-order chi connectivity index (χ1) is 10.0. The first-order valence-electron chi connectivity index (χ1n) is 6.06. The summed E-state index contributed by atoms with van der Waals surface area (Å²) >= 11 is 5.77. The van der Waals surface area contributed by atoms with Crippen molar-refractivity contribution in [2.75, 3.05) is 5.32 Å². The second kappa shape index (κ2) is 6.76. The molecular weight excluding hydrogens is 296 g/mol. The average molecular weight is 309 g/mol. The lowest BCUT2D eigenvalue weighted by atomic mass is 10.2. The zero-order chi connectivity index (χ0) is 15.2. The van der Waals surface area contributed by atoms with Crippen LogP contribution in [0.4, 0.5) is 10.5 Å². The lowest BCUT2D eigenvalue weighted by Crippen LogP contribution is -2.28. The number of rotatable bonds is 5. The van der Waals surface area contributed by atoms with E-state index in [9.17, 15) is 9.59 Å². The molecule has 0 atom stereocenters. The normalized spacial score (nSPS) is 10.1. The lowest BCUT2D eigenvalue weighted by molar-refractivity contribution is -0.137. The molecule has 0 aliphatic rings. The number of halogens is 1. The van der Waals surface area contributed by atoms with Crippen molar-refractivity contribution in [1.82, 2.24) is 15.1 Å². The molecule has 0 aliphatic heterocycles. The van der Waals surface area contributed by atoms with Gasteiger partial charge in [-0.2, -0.15) is 5.10 Å². The third-order valence-corrected chi connectivity index (χ3v) is 2.81. The number of amides is 2. The van der Waals surface area contributed by atoms with Crippen molar-refractivity contribution in [3.63, 3.8) is 0 Å². The number of hydrogen-bond donors (Lipinski definition) is 3. The first-order valence-corrected chi connectivity index (χ1v) is 6.44. The molecule has 2 rings (SSSR count). The van der Waals surface area contributed by atoms with Crippen LogP contribution < -0.4 is 10.6 Å². The highest BCUT2D eigenvalue weighted by atomic mass is 35.5. The fourth-order valence-corrected chi connectivity index (χ4v) is 1.74. The number of aromatic nitrogens is 2. The van der Waals surface area contributed by atoms with Crippen LogP contribution in [0.5, 0.6) is 0 Å². The van der Waals surface area contributed by atoms with Gasteiger partial charge in [0.1, 0.15) is 6.54 Å². The summed E-state index contributed by atoms with van der Waals surface area (Å²) in [5, 5.41) is 18.3. The Balaban J connectivity index is 1.82. The van der Waals surface area contributed by atoms with Crippen LogP contribution in [-0.2, 0) is 17.9 Å². The zero-order valence-corrected chi connectivity index (χ0v) is 11.7. The molecule has 0 bridgehead atoms. The molecule has 0 radical (unpaired) electrons. The minimum absolute atomic E-state index is 0.256. The molecule has 1 heterocycles. The van der Waals surface area contributed by atoms with Crippen LogP contribution in [0, 0.1) is 0 Å². The largest absolute Gasteiger partial charge is 0.480 e. The first kappa shape index (κ1) is 14.9. The summed E-state index contributed by atoms with van der Waals surface area (Å²) in [7, 11) is 0. The number of aliphatic carboxylic acids is 1. The van der Waals surface area contributed by atoms with Gasteiger partial charge < -0.3 is 15.7 Å². The molecule has 7 nitrogen and oxygen atoms in total. The van der Waals surface area contributed by atoms with Gasteiger partial charge in [0.25, 0.3) is 0 Å². The number of benzene rings is 1. The van der Waals surface area contributed by atoms with Crippen molar-refractivity contribution >= 4 is 29.3 Å². The van der Waals surface area contributed by atoms with Crippen LogP contribution in [0.3, 0.4) is 0 Å². The van der Waals surface area contributed by atoms with E-state index in [1.165, 1.54) is 17.1 Å². The van der Waals surface area contributed by atoms with E-state index in [0.717, 1.165) is 5.56 Å². The maximum Gasteiger partial charge on any atom is 0.325 e. The van der Waals surface area contributed by atoms with Crippen molar-refractivity contribution in [1.29, 1.82) is 0 Å². The van der Waals surface area contributed by atoms with E-state index >= 15 is 0 Å². The Morgan fingerprint density at radius 1 is 1.29 bits per heavy atom. The molecule has 0 saturated heterocycles. The summed E-state index contributed by atoms with van der Waals surface area (Å²) in [6, 6.07) is 6.71. The van der Waals surface area contributed by atoms with Gasteiger partial charge in [0, 0.05) is 17.8 Å². The molecule has 0 fully saturated rings. The molecule has 3 N–H and O–H groups in total. The molecule has 110 valence electrons. The number of carboxylic acid groups (broad SMARTS) is 1. The standard InChI is InChI=1S/C13H13ClN4O3/c14-10-3-1-9(2-4-10)5-15-13(21)17-11-6-16-18(7-11)8-12(19)20/h1-4,6-7H,5,8H2,(H,19,20)(H2,15,17,21). The number of carbonyl (C=O) groups is 2. The molecule has 8 heteroatoms. The number of nitrogens with zero attached hydrogens (tertiary/aromatic N) is 2. The van der Waals surface area contributed by atoms with Gasteiger partial charge in [-0.3, -0.25) is 9.48 Å². The van der Waals surface area contributed by atoms with Crippen molar-refractivity contribution in [2.24, 2.45) is 0 Å². The van der Waals surface area contributed by atoms with E-state index in [1.54, 1.807) is 12.1 Å². The SMILES string of the molecule is O=C(O)Cn1cc(NC(=O)NCc2ccc(Cl)cc2)cn1. The molecule has 21 heavy (non-hydrogen) atoms. The molecule has 0 saturated carbocycles. The molecule has 0 spiro atoms. The maximum absolute atomic E-state index is 11.7. The zero-order valence-electron chi connectivity index (χ0n) is 10.9. The van der Waals surface area contributed by atoms with Gasteiger partial charge in [-0.05, 0) is 17.7 Å². The average Bonchev–Trinajstić information content (AvgIpc) is 2.84. The van der Waals surface area contributed by atoms with Crippen LogP contribution in [0.1, 0.15) is 5.56 Å². The molecule has 2 amide bonds. The number of carboxylic acids is 1. The second-order valence-corrected chi connectivity index (χ2v) is 4.69. The van der Waals surface area contributed by atoms with Crippen molar-refractivity contribution in [3.05, 3.63) is 47.2 Å². The van der Waals surface area contributed by atoms with E-state index in [2.05, 4.69) is 15.7 Å². The molecule has 0 unspecified atom stereocenters. The molecule has 1 aromatic carbocycles. The van der Waals surface area contributed by atoms with Crippen molar-refractivity contribution < 1.29 is 14.7 Å². The molecule has 1 aromatic heterocycles. The topological polar surface area (TPSA) is 96.2 Å². The Morgan fingerprint density at radius 3 is 2.67 bits per heavy atom. The smallest absolute Gasteiger partial charge is 0.325 e. The predicted molar refractivity (Wildman–Crippen MR) is 77.2 cm³/mol. The predicted octanol–water partition coefficient (Wildman–Crippen LogP) is 1.94. The van der Waals surface area contributed by atoms with E-state index in [-0.39, 0.29) is 6.54 Å². The quantitative estimate of drug-likeness (QED) is 0.786. The summed E-state index contributed by atoms with van der Waals surface area (Å²) in [6.07, 6.45) is 2.82. The van der Waals surface area contributed by atoms with Crippen LogP contribution in [0.25, 0.3) is 0 Å². The number of anilines is 1. The third kappa shape index (κ3) is 4.81. The van der Waals surface area contributed by atoms with Gasteiger partial charge in [0.2, 0.25) is 0 Å². The van der Waals surface area contributed by atoms with Crippen molar-refractivity contribution in [3.8, 4) is 0 Å². The third-order valence-electron chi connectivity index (χ3n) is 2.55. The maximum atomic E-state index is 11.7. The summed E-state index contributed by atoms with van der Waals surface area (Å²) in [5.41, 5.74) is 1.33. The monoisotopic (exact) mass is 308 g/mol. The van der Waals surface area contributed by atoms with Crippen LogP contribution in [-0.4, -0.2) is 26.9 Å². The van der Waals surface area contributed by atoms with Gasteiger partial charge in [-0.1, -0.05) is 23.7 Å². The van der Waals surface area contributed by atoms with Crippen LogP contribution >= 0.6 is 11.6 Å². The highest BCUT2D eigenvalue weighted by molar-refractivity contribution is 6.30. The van der Waals surface area contributed by atoms with Gasteiger partial charge in [-0.25, -0.2) is 4.79 Å². The molecule has 2 aromatic rings. The highest BCUT2D eigenvalue weighted by Gasteiger charge is 2.06. The van der Waals surface area contributed by atoms with Gasteiger partial charge in [0.05, 0.1) is 11.9 Å². The van der Waals surface area contributed by atoms with Gasteiger partial charge in [-0.15, -0.1) is 0 Å². The Kier molecular flexibility index (Phi) is 4.78. The lowest BCUT2D eigenvalue weighted by Gasteiger charge is -2.06. The molecular formula is C13H13ClN4O3. The highest BCUT2D eigenvalue weighted by Crippen LogP contribution is 2.09. The summed E-state index contributed by atoms with van der Waals surface area (Å²) in [4.78, 5) is 22.2. The van der Waals surface area contributed by atoms with Crippen LogP contribution in [0.15, 0.2) is 36.7 Å². The van der Waals surface area contributed by atoms with Crippen molar-refractivity contribution in [2.45, 2.75) is 13.1 Å². The summed E-state index contributed by atoms with van der Waals surface area (Å²) < 4.78 is 1.22. The number of carbonyl (C=O) groups excluding carboxylic acids is 1. The van der Waals surface area contributed by atoms with E-state index in [4.69, 9.17) is 16.7 Å². The van der Waals surface area contributed by atoms with Crippen LogP contribution in [0.2, 0.25) is 5.02 Å². The number of urea groups is 1. The summed E-state index contributed by atoms with van der Waals surface area (Å²) in [6.45, 7) is 0.0976. The Hall–Kier alpha value is -2.54. The van der Waals surface area contributed by atoms with E-state index in [0.29, 0.717) is 17.3 Å². The molecule has 0 aliphatic carbocycles. The summed E-state index contributed by atoms with van der Waals surface area (Å²) in [5.74, 6) is -1.00. The fraction of sp³-hybridized carbons (Fsp3) is 0.154. The second-order valence-electron chi connectivity index (χ2n) is 4.25. The number of hydrogen-bond acceptors (Lipinski definition) is 3. The Labute approximate surface area is 125 Å². The van der Waals surface area contributed by atoms with Gasteiger partial charge in [0.15, 0.2) is 0 Å². The minimum Gasteiger partial charge on any atom is -0.480 e. The Morgan fingerprint density at radius 2 is 2.00 bits per heavy atom. The fourth-order valence-electron chi connectivity index (χ4n) is 1.61.